The molecular weight excluding hydrogens is 242 g/mol. The molecule has 2 heterocycles. The summed E-state index contributed by atoms with van der Waals surface area (Å²) in [6, 6.07) is 1.82. The maximum absolute atomic E-state index is 11.1. The van der Waals surface area contributed by atoms with Crippen LogP contribution in [-0.2, 0) is 10.2 Å². The smallest absolute Gasteiger partial charge is 0.277 e. The Kier molecular flexibility index (Phi) is 3.27. The van der Waals surface area contributed by atoms with Crippen molar-refractivity contribution in [2.24, 2.45) is 5.14 Å². The Morgan fingerprint density at radius 1 is 1.29 bits per heavy atom. The molecule has 0 saturated carbocycles. The van der Waals surface area contributed by atoms with Gasteiger partial charge in [-0.05, 0) is 13.0 Å². The fourth-order valence-electron chi connectivity index (χ4n) is 1.79. The lowest BCUT2D eigenvalue weighted by atomic mass is 10.3. The van der Waals surface area contributed by atoms with Gasteiger partial charge in [-0.1, -0.05) is 0 Å². The van der Waals surface area contributed by atoms with Crippen LogP contribution in [0.2, 0.25) is 0 Å². The summed E-state index contributed by atoms with van der Waals surface area (Å²) in [5.41, 5.74) is 0. The van der Waals surface area contributed by atoms with Gasteiger partial charge in [0.15, 0.2) is 0 Å². The SMILES string of the molecule is Cc1nccc(N2CCN(S(N)(=O)=O)CC2)n1. The molecule has 0 atom stereocenters. The van der Waals surface area contributed by atoms with Crippen LogP contribution in [0.1, 0.15) is 5.82 Å². The number of aryl methyl sites for hydroxylation is 1. The summed E-state index contributed by atoms with van der Waals surface area (Å²) in [5.74, 6) is 1.53. The van der Waals surface area contributed by atoms with E-state index in [1.165, 1.54) is 4.31 Å². The minimum atomic E-state index is -3.57. The van der Waals surface area contributed by atoms with E-state index in [1.54, 1.807) is 6.20 Å². The molecule has 1 aliphatic rings. The Bertz CT molecular complexity index is 496. The van der Waals surface area contributed by atoms with E-state index in [4.69, 9.17) is 5.14 Å². The summed E-state index contributed by atoms with van der Waals surface area (Å²) < 4.78 is 23.6. The standard InChI is InChI=1S/C9H15N5O2S/c1-8-11-3-2-9(12-8)13-4-6-14(7-5-13)17(10,15)16/h2-3H,4-7H2,1H3,(H2,10,15,16). The lowest BCUT2D eigenvalue weighted by molar-refractivity contribution is 0.384. The Hall–Kier alpha value is -1.25. The van der Waals surface area contributed by atoms with E-state index in [2.05, 4.69) is 9.97 Å². The van der Waals surface area contributed by atoms with E-state index >= 15 is 0 Å². The molecule has 0 bridgehead atoms. The van der Waals surface area contributed by atoms with Gasteiger partial charge in [-0.2, -0.15) is 12.7 Å². The number of rotatable bonds is 2. The molecule has 0 unspecified atom stereocenters. The molecule has 2 rings (SSSR count). The second-order valence-electron chi connectivity index (χ2n) is 3.89. The summed E-state index contributed by atoms with van der Waals surface area (Å²) in [6.07, 6.45) is 1.70. The molecule has 2 N–H and O–H groups in total. The molecule has 1 aromatic heterocycles. The van der Waals surface area contributed by atoms with Gasteiger partial charge < -0.3 is 4.90 Å². The normalized spacial score (nSPS) is 18.4. The van der Waals surface area contributed by atoms with Gasteiger partial charge >= 0.3 is 0 Å². The van der Waals surface area contributed by atoms with E-state index in [0.717, 1.165) is 5.82 Å². The molecule has 1 aliphatic heterocycles. The Balaban J connectivity index is 2.05. The number of nitrogens with zero attached hydrogens (tertiary/aromatic N) is 4. The zero-order valence-corrected chi connectivity index (χ0v) is 10.4. The first-order valence-electron chi connectivity index (χ1n) is 5.29. The van der Waals surface area contributed by atoms with Crippen LogP contribution in [0.5, 0.6) is 0 Å². The average Bonchev–Trinajstić information content (AvgIpc) is 2.28. The van der Waals surface area contributed by atoms with Gasteiger partial charge in [0.25, 0.3) is 10.2 Å². The zero-order chi connectivity index (χ0) is 12.5. The molecule has 0 aliphatic carbocycles. The Labute approximate surface area is 100 Å². The Morgan fingerprint density at radius 2 is 1.94 bits per heavy atom. The van der Waals surface area contributed by atoms with Crippen molar-refractivity contribution < 1.29 is 8.42 Å². The molecule has 1 fully saturated rings. The minimum absolute atomic E-state index is 0.391. The molecule has 1 aromatic rings. The van der Waals surface area contributed by atoms with Crippen molar-refractivity contribution in [2.45, 2.75) is 6.92 Å². The lowest BCUT2D eigenvalue weighted by Gasteiger charge is -2.33. The van der Waals surface area contributed by atoms with Crippen molar-refractivity contribution >= 4 is 16.0 Å². The van der Waals surface area contributed by atoms with E-state index in [-0.39, 0.29) is 0 Å². The van der Waals surface area contributed by atoms with Crippen LogP contribution in [0.25, 0.3) is 0 Å². The van der Waals surface area contributed by atoms with Crippen LogP contribution < -0.4 is 10.0 Å². The van der Waals surface area contributed by atoms with Crippen LogP contribution in [0.3, 0.4) is 0 Å². The van der Waals surface area contributed by atoms with Crippen molar-refractivity contribution in [3.63, 3.8) is 0 Å². The van der Waals surface area contributed by atoms with Crippen LogP contribution in [0.4, 0.5) is 5.82 Å². The van der Waals surface area contributed by atoms with Gasteiger partial charge in [-0.15, -0.1) is 0 Å². The predicted molar refractivity (Wildman–Crippen MR) is 63.7 cm³/mol. The second-order valence-corrected chi connectivity index (χ2v) is 5.44. The predicted octanol–water partition coefficient (Wildman–Crippen LogP) is -0.889. The molecule has 94 valence electrons. The van der Waals surface area contributed by atoms with Crippen molar-refractivity contribution in [1.82, 2.24) is 14.3 Å². The van der Waals surface area contributed by atoms with Gasteiger partial charge in [0.05, 0.1) is 0 Å². The number of aromatic nitrogens is 2. The van der Waals surface area contributed by atoms with Crippen molar-refractivity contribution in [2.75, 3.05) is 31.1 Å². The van der Waals surface area contributed by atoms with E-state index in [9.17, 15) is 8.42 Å². The van der Waals surface area contributed by atoms with Crippen LogP contribution >= 0.6 is 0 Å². The maximum Gasteiger partial charge on any atom is 0.277 e. The van der Waals surface area contributed by atoms with Crippen LogP contribution in [0, 0.1) is 6.92 Å². The lowest BCUT2D eigenvalue weighted by Crippen LogP contribution is -2.50. The number of anilines is 1. The van der Waals surface area contributed by atoms with Crippen molar-refractivity contribution in [3.8, 4) is 0 Å². The van der Waals surface area contributed by atoms with Gasteiger partial charge in [0.2, 0.25) is 0 Å². The first-order valence-corrected chi connectivity index (χ1v) is 6.79. The van der Waals surface area contributed by atoms with E-state index < -0.39 is 10.2 Å². The number of hydrogen-bond acceptors (Lipinski definition) is 5. The average molecular weight is 257 g/mol. The second kappa shape index (κ2) is 4.55. The van der Waals surface area contributed by atoms with E-state index in [0.29, 0.717) is 32.0 Å². The van der Waals surface area contributed by atoms with Crippen LogP contribution in [0.15, 0.2) is 12.3 Å². The number of nitrogens with two attached hydrogens (primary N) is 1. The largest absolute Gasteiger partial charge is 0.354 e. The highest BCUT2D eigenvalue weighted by Crippen LogP contribution is 2.13. The van der Waals surface area contributed by atoms with Gasteiger partial charge in [0, 0.05) is 32.4 Å². The highest BCUT2D eigenvalue weighted by Gasteiger charge is 2.24. The fraction of sp³-hybridized carbons (Fsp3) is 0.556. The van der Waals surface area contributed by atoms with Gasteiger partial charge in [0.1, 0.15) is 11.6 Å². The maximum atomic E-state index is 11.1. The minimum Gasteiger partial charge on any atom is -0.354 e. The highest BCUT2D eigenvalue weighted by molar-refractivity contribution is 7.86. The molecule has 0 aromatic carbocycles. The molecule has 0 radical (unpaired) electrons. The molecule has 1 saturated heterocycles. The first-order chi connectivity index (χ1) is 7.97. The third-order valence-electron chi connectivity index (χ3n) is 2.68. The molecule has 0 amide bonds. The number of piperazine rings is 1. The Morgan fingerprint density at radius 3 is 2.47 bits per heavy atom. The third kappa shape index (κ3) is 2.90. The third-order valence-corrected chi connectivity index (χ3v) is 3.77. The number of hydrogen-bond donors (Lipinski definition) is 1. The quantitative estimate of drug-likeness (QED) is 0.742. The summed E-state index contributed by atoms with van der Waals surface area (Å²) >= 11 is 0. The molecule has 7 nitrogen and oxygen atoms in total. The van der Waals surface area contributed by atoms with Crippen molar-refractivity contribution in [1.29, 1.82) is 0 Å². The summed E-state index contributed by atoms with van der Waals surface area (Å²) in [4.78, 5) is 10.3. The molecule has 0 spiro atoms. The monoisotopic (exact) mass is 257 g/mol. The van der Waals surface area contributed by atoms with E-state index in [1.807, 2.05) is 17.9 Å². The summed E-state index contributed by atoms with van der Waals surface area (Å²) in [6.45, 7) is 3.79. The van der Waals surface area contributed by atoms with Crippen LogP contribution in [-0.4, -0.2) is 48.9 Å². The van der Waals surface area contributed by atoms with Crippen molar-refractivity contribution in [3.05, 3.63) is 18.1 Å². The molecule has 8 heteroatoms. The summed E-state index contributed by atoms with van der Waals surface area (Å²) in [7, 11) is -3.57. The molecule has 17 heavy (non-hydrogen) atoms. The zero-order valence-electron chi connectivity index (χ0n) is 9.57. The first kappa shape index (κ1) is 12.2. The molecular formula is C9H15N5O2S. The highest BCUT2D eigenvalue weighted by atomic mass is 32.2. The fourth-order valence-corrected chi connectivity index (χ4v) is 2.46. The van der Waals surface area contributed by atoms with Gasteiger partial charge in [-0.3, -0.25) is 0 Å². The van der Waals surface area contributed by atoms with Gasteiger partial charge in [-0.25, -0.2) is 15.1 Å². The summed E-state index contributed by atoms with van der Waals surface area (Å²) in [5, 5.41) is 5.07. The topological polar surface area (TPSA) is 92.4 Å².